The van der Waals surface area contributed by atoms with Crippen LogP contribution in [0.2, 0.25) is 0 Å². The van der Waals surface area contributed by atoms with E-state index in [0.717, 1.165) is 0 Å². The predicted molar refractivity (Wildman–Crippen MR) is 11.3 cm³/mol. The molecule has 0 unspecified atom stereocenters. The van der Waals surface area contributed by atoms with Crippen molar-refractivity contribution < 1.29 is 54.0 Å². The second kappa shape index (κ2) is 17.9. The molecule has 0 nitrogen and oxygen atoms in total. The fourth-order valence-electron chi connectivity index (χ4n) is 0. The normalized spacial score (nSPS) is 0. The van der Waals surface area contributed by atoms with Gasteiger partial charge in [-0.2, -0.15) is 0 Å². The van der Waals surface area contributed by atoms with Crippen molar-refractivity contribution in [3.05, 3.63) is 0 Å². The Morgan fingerprint density at radius 2 is 1.00 bits per heavy atom. The average Bonchev–Trinajstić information content (AvgIpc) is 0. The van der Waals surface area contributed by atoms with Gasteiger partial charge in [-0.05, 0) is 0 Å². The van der Waals surface area contributed by atoms with Crippen LogP contribution in [-0.2, 0) is 54.0 Å². The molecule has 4 heavy (non-hydrogen) atoms. The van der Waals surface area contributed by atoms with Crippen LogP contribution in [0.1, 0.15) is 0 Å². The first kappa shape index (κ1) is 31.7. The van der Waals surface area contributed by atoms with Crippen LogP contribution >= 0.6 is 0 Å². The van der Waals surface area contributed by atoms with Gasteiger partial charge in [-0.15, -0.1) is 0 Å². The summed E-state index contributed by atoms with van der Waals surface area (Å²) in [5.41, 5.74) is 0. The van der Waals surface area contributed by atoms with E-state index in [4.69, 9.17) is 0 Å². The molecule has 0 bridgehead atoms. The summed E-state index contributed by atoms with van der Waals surface area (Å²) in [6, 6.07) is 0. The molecule has 0 N–H and O–H groups in total. The van der Waals surface area contributed by atoms with Crippen molar-refractivity contribution in [2.45, 2.75) is 0 Å². The van der Waals surface area contributed by atoms with Gasteiger partial charge in [0.15, 0.2) is 0 Å². The van der Waals surface area contributed by atoms with Gasteiger partial charge in [-0.25, -0.2) is 0 Å². The van der Waals surface area contributed by atoms with Crippen molar-refractivity contribution in [1.82, 2.24) is 0 Å². The Balaban J connectivity index is 0. The summed E-state index contributed by atoms with van der Waals surface area (Å²) in [6.45, 7) is 0. The summed E-state index contributed by atoms with van der Waals surface area (Å²) < 4.78 is 0. The van der Waals surface area contributed by atoms with Gasteiger partial charge < -0.3 is 0 Å². The maximum atomic E-state index is 0. The first-order valence-electron chi connectivity index (χ1n) is 0. The molecule has 0 heterocycles. The van der Waals surface area contributed by atoms with Crippen molar-refractivity contribution in [3.63, 3.8) is 0 Å². The minimum atomic E-state index is 0. The summed E-state index contributed by atoms with van der Waals surface area (Å²) in [7, 11) is 0. The third kappa shape index (κ3) is 8.82. The van der Waals surface area contributed by atoms with Crippen LogP contribution < -0.4 is 0 Å². The van der Waals surface area contributed by atoms with Crippen LogP contribution in [-0.4, -0.2) is 23.9 Å². The number of hydrogen-bond acceptors (Lipinski definition) is 0. The first-order chi connectivity index (χ1) is 0. The van der Waals surface area contributed by atoms with E-state index >= 15 is 0 Å². The van der Waals surface area contributed by atoms with E-state index in [-0.39, 0.29) is 77.9 Å². The second-order valence-corrected chi connectivity index (χ2v) is 0. The average molecular weight is 351 g/mol. The molecule has 0 aromatic carbocycles. The number of rotatable bonds is 0. The van der Waals surface area contributed by atoms with Crippen LogP contribution in [0.15, 0.2) is 0 Å². The molecule has 0 fully saturated rings. The van der Waals surface area contributed by atoms with Gasteiger partial charge in [0.25, 0.3) is 0 Å². The molecule has 0 rings (SSSR count). The van der Waals surface area contributed by atoms with Gasteiger partial charge in [-0.1, -0.05) is 0 Å². The Morgan fingerprint density at radius 1 is 1.00 bits per heavy atom. The SMILES string of the molecule is [Cu].[Ni].[Pd].[SnH4]. The molecule has 39 valence electrons. The fraction of sp³-hybridized carbons (Fsp3) is 0. The van der Waals surface area contributed by atoms with Gasteiger partial charge in [0.1, 0.15) is 0 Å². The van der Waals surface area contributed by atoms with E-state index in [9.17, 15) is 0 Å². The Kier molecular flexibility index (Phi) is 142. The van der Waals surface area contributed by atoms with Crippen LogP contribution in [0.4, 0.5) is 0 Å². The molecule has 0 aliphatic rings. The topological polar surface area (TPSA) is 0 Å². The standard InChI is InChI=1S/Cu.Ni.Pd.Sn.4H. The summed E-state index contributed by atoms with van der Waals surface area (Å²) >= 11 is 0. The number of hydrogen-bond donors (Lipinski definition) is 0. The quantitative estimate of drug-likeness (QED) is 0.468. The van der Waals surface area contributed by atoms with Gasteiger partial charge in [0.2, 0.25) is 0 Å². The van der Waals surface area contributed by atoms with E-state index in [2.05, 4.69) is 0 Å². The summed E-state index contributed by atoms with van der Waals surface area (Å²) in [5.74, 6) is 0. The predicted octanol–water partition coefficient (Wildman–Crippen LogP) is -1.46. The summed E-state index contributed by atoms with van der Waals surface area (Å²) in [4.78, 5) is 0. The Bertz CT molecular complexity index is 8.00. The molecular weight excluding hydrogens is 347 g/mol. The zero-order chi connectivity index (χ0) is 0. The fourth-order valence-corrected chi connectivity index (χ4v) is 0. The molecule has 0 spiro atoms. The van der Waals surface area contributed by atoms with Gasteiger partial charge in [0, 0.05) is 54.0 Å². The monoisotopic (exact) mass is 351 g/mol. The van der Waals surface area contributed by atoms with Crippen molar-refractivity contribution in [1.29, 1.82) is 0 Å². The summed E-state index contributed by atoms with van der Waals surface area (Å²) in [5, 5.41) is 0. The van der Waals surface area contributed by atoms with E-state index < -0.39 is 0 Å². The van der Waals surface area contributed by atoms with Crippen molar-refractivity contribution >= 4 is 23.9 Å². The molecule has 0 aromatic heterocycles. The zero-order valence-electron chi connectivity index (χ0n) is 0.934. The Morgan fingerprint density at radius 3 is 1.00 bits per heavy atom. The van der Waals surface area contributed by atoms with E-state index in [1.54, 1.807) is 0 Å². The van der Waals surface area contributed by atoms with Gasteiger partial charge >= 0.3 is 23.9 Å². The molecule has 0 atom stereocenters. The van der Waals surface area contributed by atoms with Gasteiger partial charge in [-0.3, -0.25) is 0 Å². The Hall–Kier alpha value is 2.47. The molecule has 0 aliphatic heterocycles. The zero-order valence-corrected chi connectivity index (χ0v) is 4.42. The molecule has 4 heteroatoms. The van der Waals surface area contributed by atoms with Crippen molar-refractivity contribution in [3.8, 4) is 0 Å². The van der Waals surface area contributed by atoms with E-state index in [1.807, 2.05) is 0 Å². The van der Waals surface area contributed by atoms with Crippen LogP contribution in [0.3, 0.4) is 0 Å². The molecule has 0 aromatic rings. The van der Waals surface area contributed by atoms with Crippen molar-refractivity contribution in [2.24, 2.45) is 0 Å². The maximum absolute atomic E-state index is 0. The minimum absolute atomic E-state index is 0. The van der Waals surface area contributed by atoms with Crippen LogP contribution in [0.25, 0.3) is 0 Å². The molecule has 0 saturated carbocycles. The summed E-state index contributed by atoms with van der Waals surface area (Å²) in [6.07, 6.45) is 0. The van der Waals surface area contributed by atoms with Crippen LogP contribution in [0, 0.1) is 0 Å². The van der Waals surface area contributed by atoms with E-state index in [0.29, 0.717) is 0 Å². The van der Waals surface area contributed by atoms with E-state index in [1.165, 1.54) is 0 Å². The Labute approximate surface area is 76.9 Å². The molecule has 0 saturated heterocycles. The third-order valence-corrected chi connectivity index (χ3v) is 0. The van der Waals surface area contributed by atoms with Crippen molar-refractivity contribution in [2.75, 3.05) is 0 Å². The molecule has 0 aliphatic carbocycles. The van der Waals surface area contributed by atoms with Gasteiger partial charge in [0.05, 0.1) is 0 Å². The molecule has 1 radical (unpaired) electrons. The third-order valence-electron chi connectivity index (χ3n) is 0. The second-order valence-electron chi connectivity index (χ2n) is 0. The van der Waals surface area contributed by atoms with Crippen LogP contribution in [0.5, 0.6) is 0 Å². The first-order valence-corrected chi connectivity index (χ1v) is 0. The molecule has 0 amide bonds. The molecular formula is H4CuNiPdSn.